The quantitative estimate of drug-likeness (QED) is 0.643. The minimum absolute atomic E-state index is 0.180. The summed E-state index contributed by atoms with van der Waals surface area (Å²) in [4.78, 5) is 14.2. The van der Waals surface area contributed by atoms with Crippen molar-refractivity contribution in [3.63, 3.8) is 0 Å². The molecule has 0 aromatic heterocycles. The molecule has 4 nitrogen and oxygen atoms in total. The minimum atomic E-state index is -0.594. The van der Waals surface area contributed by atoms with Crippen LogP contribution in [0.4, 0.5) is 0 Å². The number of carbonyl (C=O) groups excluding carboxylic acids is 1. The molecule has 0 saturated heterocycles. The van der Waals surface area contributed by atoms with Crippen LogP contribution in [-0.4, -0.2) is 49.7 Å². The van der Waals surface area contributed by atoms with E-state index in [1.165, 1.54) is 20.0 Å². The number of hydrogen-bond acceptors (Lipinski definition) is 4. The average molecular weight is 258 g/mol. The average Bonchev–Trinajstić information content (AvgIpc) is 2.34. The maximum Gasteiger partial charge on any atom is 0.325 e. The zero-order chi connectivity index (χ0) is 14.2. The molecule has 4 heteroatoms. The maximum absolute atomic E-state index is 11.9. The summed E-state index contributed by atoms with van der Waals surface area (Å²) in [6.07, 6.45) is 3.14. The maximum atomic E-state index is 11.9. The molecule has 0 fully saturated rings. The van der Waals surface area contributed by atoms with Crippen molar-refractivity contribution in [2.45, 2.75) is 58.5 Å². The normalized spacial score (nSPS) is 16.4. The number of likely N-dealkylation sites (N-methyl/N-ethyl adjacent to an activating group) is 1. The third-order valence-electron chi connectivity index (χ3n) is 3.52. The lowest BCUT2D eigenvalue weighted by Crippen LogP contribution is -2.53. The molecule has 108 valence electrons. The highest BCUT2D eigenvalue weighted by atomic mass is 16.5. The highest BCUT2D eigenvalue weighted by molar-refractivity contribution is 5.80. The molecule has 0 spiro atoms. The molecule has 0 aliphatic carbocycles. The van der Waals surface area contributed by atoms with E-state index in [1.807, 2.05) is 13.8 Å². The molecule has 18 heavy (non-hydrogen) atoms. The van der Waals surface area contributed by atoms with Crippen molar-refractivity contribution in [3.8, 4) is 0 Å². The summed E-state index contributed by atoms with van der Waals surface area (Å²) in [5.74, 6) is -0.180. The van der Waals surface area contributed by atoms with Crippen molar-refractivity contribution in [1.29, 1.82) is 0 Å². The van der Waals surface area contributed by atoms with Gasteiger partial charge in [0, 0.05) is 6.04 Å². The predicted octanol–water partition coefficient (Wildman–Crippen LogP) is 2.04. The van der Waals surface area contributed by atoms with Gasteiger partial charge in [0.1, 0.15) is 5.54 Å². The zero-order valence-electron chi connectivity index (χ0n) is 12.9. The van der Waals surface area contributed by atoms with Crippen LogP contribution in [-0.2, 0) is 9.53 Å². The van der Waals surface area contributed by atoms with E-state index >= 15 is 0 Å². The van der Waals surface area contributed by atoms with Gasteiger partial charge < -0.3 is 15.0 Å². The third-order valence-corrected chi connectivity index (χ3v) is 3.52. The van der Waals surface area contributed by atoms with Gasteiger partial charge in [-0.2, -0.15) is 0 Å². The van der Waals surface area contributed by atoms with Crippen LogP contribution in [0, 0.1) is 0 Å². The molecule has 2 atom stereocenters. The Balaban J connectivity index is 4.52. The van der Waals surface area contributed by atoms with E-state index in [2.05, 4.69) is 31.1 Å². The summed E-state index contributed by atoms with van der Waals surface area (Å²) < 4.78 is 4.91. The minimum Gasteiger partial charge on any atom is -0.468 e. The van der Waals surface area contributed by atoms with E-state index in [0.717, 1.165) is 19.5 Å². The molecule has 0 radical (unpaired) electrons. The van der Waals surface area contributed by atoms with Crippen LogP contribution in [0.5, 0.6) is 0 Å². The lowest BCUT2D eigenvalue weighted by molar-refractivity contribution is -0.148. The Morgan fingerprint density at radius 1 is 1.44 bits per heavy atom. The summed E-state index contributed by atoms with van der Waals surface area (Å²) >= 11 is 0. The number of nitrogens with zero attached hydrogens (tertiary/aromatic N) is 1. The Bertz CT molecular complexity index is 246. The molecule has 0 amide bonds. The zero-order valence-corrected chi connectivity index (χ0v) is 12.9. The first kappa shape index (κ1) is 17.4. The van der Waals surface area contributed by atoms with Gasteiger partial charge in [-0.25, -0.2) is 0 Å². The smallest absolute Gasteiger partial charge is 0.325 e. The molecule has 0 aliphatic rings. The Hall–Kier alpha value is -0.610. The fourth-order valence-corrected chi connectivity index (χ4v) is 2.22. The van der Waals surface area contributed by atoms with E-state index in [-0.39, 0.29) is 5.97 Å². The van der Waals surface area contributed by atoms with Crippen LogP contribution in [0.2, 0.25) is 0 Å². The molecule has 0 aliphatic heterocycles. The van der Waals surface area contributed by atoms with Gasteiger partial charge in [-0.3, -0.25) is 4.79 Å². The van der Waals surface area contributed by atoms with Crippen LogP contribution in [0.3, 0.4) is 0 Å². The second kappa shape index (κ2) is 8.48. The lowest BCUT2D eigenvalue weighted by atomic mass is 9.92. The molecule has 1 N–H and O–H groups in total. The highest BCUT2D eigenvalue weighted by Gasteiger charge is 2.35. The number of unbranched alkanes of at least 4 members (excludes halogenated alkanes) is 1. The Kier molecular flexibility index (Phi) is 8.20. The van der Waals surface area contributed by atoms with Crippen LogP contribution < -0.4 is 5.32 Å². The standard InChI is InChI=1S/C14H30N2O2/c1-7-9-10-16(5)12(3)11-14(4,15-8-2)13(17)18-6/h12,15H,7-11H2,1-6H3. The summed E-state index contributed by atoms with van der Waals surface area (Å²) in [5, 5.41) is 3.25. The molecule has 0 aromatic rings. The number of methoxy groups -OCH3 is 1. The first-order valence-corrected chi connectivity index (χ1v) is 6.95. The largest absolute Gasteiger partial charge is 0.468 e. The predicted molar refractivity (Wildman–Crippen MR) is 75.7 cm³/mol. The van der Waals surface area contributed by atoms with Crippen molar-refractivity contribution in [2.24, 2.45) is 0 Å². The van der Waals surface area contributed by atoms with Crippen molar-refractivity contribution < 1.29 is 9.53 Å². The van der Waals surface area contributed by atoms with Crippen molar-refractivity contribution in [3.05, 3.63) is 0 Å². The summed E-state index contributed by atoms with van der Waals surface area (Å²) in [6, 6.07) is 0.347. The van der Waals surface area contributed by atoms with Gasteiger partial charge in [-0.15, -0.1) is 0 Å². The van der Waals surface area contributed by atoms with Gasteiger partial charge in [0.25, 0.3) is 0 Å². The number of ether oxygens (including phenoxy) is 1. The lowest BCUT2D eigenvalue weighted by Gasteiger charge is -2.34. The molecular formula is C14H30N2O2. The first-order valence-electron chi connectivity index (χ1n) is 6.95. The Morgan fingerprint density at radius 2 is 2.06 bits per heavy atom. The van der Waals surface area contributed by atoms with E-state index < -0.39 is 5.54 Å². The highest BCUT2D eigenvalue weighted by Crippen LogP contribution is 2.17. The fraction of sp³-hybridized carbons (Fsp3) is 0.929. The van der Waals surface area contributed by atoms with Crippen molar-refractivity contribution in [2.75, 3.05) is 27.2 Å². The van der Waals surface area contributed by atoms with Crippen LogP contribution in [0.1, 0.15) is 47.0 Å². The summed E-state index contributed by atoms with van der Waals surface area (Å²) in [7, 11) is 3.56. The molecule has 0 bridgehead atoms. The number of esters is 1. The van der Waals surface area contributed by atoms with Gasteiger partial charge >= 0.3 is 5.97 Å². The van der Waals surface area contributed by atoms with Gasteiger partial charge in [-0.1, -0.05) is 20.3 Å². The van der Waals surface area contributed by atoms with Crippen molar-refractivity contribution in [1.82, 2.24) is 10.2 Å². The molecule has 0 aromatic carbocycles. The Morgan fingerprint density at radius 3 is 2.50 bits per heavy atom. The van der Waals surface area contributed by atoms with E-state index in [0.29, 0.717) is 6.04 Å². The number of nitrogens with one attached hydrogen (secondary N) is 1. The van der Waals surface area contributed by atoms with E-state index in [4.69, 9.17) is 4.74 Å². The topological polar surface area (TPSA) is 41.6 Å². The van der Waals surface area contributed by atoms with Crippen LogP contribution in [0.25, 0.3) is 0 Å². The molecule has 0 saturated carbocycles. The van der Waals surface area contributed by atoms with E-state index in [9.17, 15) is 4.79 Å². The third kappa shape index (κ3) is 5.36. The van der Waals surface area contributed by atoms with Gasteiger partial charge in [0.2, 0.25) is 0 Å². The summed E-state index contributed by atoms with van der Waals surface area (Å²) in [6.45, 7) is 10.1. The molecular weight excluding hydrogens is 228 g/mol. The number of hydrogen-bond donors (Lipinski definition) is 1. The molecule has 2 unspecified atom stereocenters. The monoisotopic (exact) mass is 258 g/mol. The summed E-state index contributed by atoms with van der Waals surface area (Å²) in [5.41, 5.74) is -0.594. The first-order chi connectivity index (χ1) is 8.41. The second-order valence-electron chi connectivity index (χ2n) is 5.24. The van der Waals surface area contributed by atoms with Crippen molar-refractivity contribution >= 4 is 5.97 Å². The number of rotatable bonds is 9. The SMILES string of the molecule is CCCCN(C)C(C)CC(C)(NCC)C(=O)OC. The van der Waals surface area contributed by atoms with E-state index in [1.54, 1.807) is 0 Å². The molecule has 0 heterocycles. The second-order valence-corrected chi connectivity index (χ2v) is 5.24. The molecule has 0 rings (SSSR count). The van der Waals surface area contributed by atoms with Gasteiger partial charge in [-0.05, 0) is 46.8 Å². The number of carbonyl (C=O) groups is 1. The van der Waals surface area contributed by atoms with Crippen LogP contribution >= 0.6 is 0 Å². The Labute approximate surface area is 112 Å². The van der Waals surface area contributed by atoms with Gasteiger partial charge in [0.05, 0.1) is 7.11 Å². The van der Waals surface area contributed by atoms with Gasteiger partial charge in [0.15, 0.2) is 0 Å². The fourth-order valence-electron chi connectivity index (χ4n) is 2.22. The van der Waals surface area contributed by atoms with Crippen LogP contribution in [0.15, 0.2) is 0 Å².